The van der Waals surface area contributed by atoms with Crippen LogP contribution in [0.15, 0.2) is 48.4 Å². The van der Waals surface area contributed by atoms with E-state index in [0.29, 0.717) is 10.0 Å². The molecule has 0 radical (unpaired) electrons. The first kappa shape index (κ1) is 13.1. The summed E-state index contributed by atoms with van der Waals surface area (Å²) in [5, 5.41) is 3.07. The number of amides is 1. The third kappa shape index (κ3) is 4.73. The van der Waals surface area contributed by atoms with Gasteiger partial charge in [-0.05, 0) is 50.7 Å². The van der Waals surface area contributed by atoms with E-state index >= 15 is 0 Å². The van der Waals surface area contributed by atoms with E-state index in [4.69, 9.17) is 6.85 Å². The van der Waals surface area contributed by atoms with Crippen molar-refractivity contribution < 1.29 is 16.1 Å². The zero-order valence-corrected chi connectivity index (χ0v) is 15.7. The van der Waals surface area contributed by atoms with Crippen molar-refractivity contribution >= 4 is 11.6 Å². The Hall–Kier alpha value is -2.13. The molecule has 0 unspecified atom stereocenters. The molecule has 0 bridgehead atoms. The van der Waals surface area contributed by atoms with E-state index in [0.717, 1.165) is 55.6 Å². The van der Waals surface area contributed by atoms with E-state index in [1.54, 1.807) is 0 Å². The Balaban J connectivity index is 1.93. The van der Waals surface area contributed by atoms with Crippen LogP contribution in [0.2, 0.25) is 0 Å². The van der Waals surface area contributed by atoms with Crippen LogP contribution in [-0.4, -0.2) is 30.0 Å². The van der Waals surface area contributed by atoms with E-state index in [1.807, 2.05) is 32.0 Å². The maximum Gasteiger partial charge on any atom is 0.279 e. The summed E-state index contributed by atoms with van der Waals surface area (Å²) >= 11 is 0. The highest BCUT2D eigenvalue weighted by Crippen LogP contribution is 2.24. The molecule has 3 nitrogen and oxygen atoms in total. The molecule has 1 amide bonds. The molecular formula is C23H31N2O+. The molecule has 26 heavy (non-hydrogen) atoms. The number of aryl methyl sites for hydroxylation is 2. The van der Waals surface area contributed by atoms with Crippen molar-refractivity contribution in [1.29, 1.82) is 0 Å². The second-order valence-electron chi connectivity index (χ2n) is 7.44. The highest BCUT2D eigenvalue weighted by atomic mass is 16.2. The minimum Gasteiger partial charge on any atom is -0.321 e. The Morgan fingerprint density at radius 2 is 1.65 bits per heavy atom. The second-order valence-corrected chi connectivity index (χ2v) is 7.44. The topological polar surface area (TPSA) is 29.1 Å². The number of rotatable bonds is 5. The number of carbonyl (C=O) groups excluding carboxylic acids is 1. The molecule has 1 heterocycles. The molecule has 1 fully saturated rings. The molecular weight excluding hydrogens is 320 g/mol. The average molecular weight is 357 g/mol. The van der Waals surface area contributed by atoms with E-state index in [1.165, 1.54) is 0 Å². The number of hydrogen-bond acceptors (Lipinski definition) is 1. The lowest BCUT2D eigenvalue weighted by Gasteiger charge is -2.37. The van der Waals surface area contributed by atoms with Crippen LogP contribution in [0.25, 0.3) is 0 Å². The molecule has 1 aliphatic heterocycles. The van der Waals surface area contributed by atoms with Gasteiger partial charge >= 0.3 is 0 Å². The quantitative estimate of drug-likeness (QED) is 0.764. The van der Waals surface area contributed by atoms with Crippen molar-refractivity contribution in [2.24, 2.45) is 0 Å². The van der Waals surface area contributed by atoms with Gasteiger partial charge in [0, 0.05) is 11.3 Å². The third-order valence-electron chi connectivity index (χ3n) is 5.28. The first-order valence-electron chi connectivity index (χ1n) is 11.9. The van der Waals surface area contributed by atoms with Gasteiger partial charge in [-0.25, -0.2) is 0 Å². The fourth-order valence-corrected chi connectivity index (χ4v) is 3.92. The number of quaternary nitrogens is 1. The summed E-state index contributed by atoms with van der Waals surface area (Å²) in [6.07, 6.45) is 4.07. The van der Waals surface area contributed by atoms with Gasteiger partial charge < -0.3 is 9.80 Å². The first-order valence-corrected chi connectivity index (χ1v) is 9.42. The van der Waals surface area contributed by atoms with Gasteiger partial charge in [0.25, 0.3) is 5.91 Å². The van der Waals surface area contributed by atoms with E-state index in [-0.39, 0.29) is 49.2 Å². The van der Waals surface area contributed by atoms with Gasteiger partial charge in [0.2, 0.25) is 0 Å². The molecule has 138 valence electrons. The molecule has 0 saturated carbocycles. The SMILES string of the molecule is [2H]c1c([2H])c([2H])c(C[N+]2(CC(=O)Nc3c(C)cccc3C)CCCCCC2)c([2H])c1[2H]. The lowest BCUT2D eigenvalue weighted by atomic mass is 10.1. The third-order valence-corrected chi connectivity index (χ3v) is 5.28. The molecule has 1 saturated heterocycles. The van der Waals surface area contributed by atoms with Gasteiger partial charge in [-0.1, -0.05) is 48.4 Å². The number of anilines is 1. The predicted molar refractivity (Wildman–Crippen MR) is 108 cm³/mol. The average Bonchev–Trinajstić information content (AvgIpc) is 2.97. The zero-order chi connectivity index (χ0) is 22.8. The Morgan fingerprint density at radius 3 is 2.27 bits per heavy atom. The fourth-order valence-electron chi connectivity index (χ4n) is 3.92. The maximum atomic E-state index is 13.1. The Bertz CT molecular complexity index is 935. The first-order chi connectivity index (χ1) is 14.6. The summed E-state index contributed by atoms with van der Waals surface area (Å²) in [6, 6.07) is 4.55. The van der Waals surface area contributed by atoms with Crippen LogP contribution in [0.1, 0.15) is 49.2 Å². The lowest BCUT2D eigenvalue weighted by molar-refractivity contribution is -0.932. The van der Waals surface area contributed by atoms with E-state index in [9.17, 15) is 4.79 Å². The van der Waals surface area contributed by atoms with Crippen LogP contribution in [0.5, 0.6) is 0 Å². The van der Waals surface area contributed by atoms with Crippen molar-refractivity contribution in [3.05, 3.63) is 65.1 Å². The summed E-state index contributed by atoms with van der Waals surface area (Å²) in [5.41, 5.74) is 3.12. The number of nitrogens with one attached hydrogen (secondary N) is 1. The highest BCUT2D eigenvalue weighted by Gasteiger charge is 2.32. The van der Waals surface area contributed by atoms with E-state index in [2.05, 4.69) is 5.32 Å². The molecule has 1 aliphatic rings. The van der Waals surface area contributed by atoms with Crippen molar-refractivity contribution in [3.8, 4) is 0 Å². The van der Waals surface area contributed by atoms with Gasteiger partial charge in [0.15, 0.2) is 6.54 Å². The van der Waals surface area contributed by atoms with Gasteiger partial charge in [-0.2, -0.15) is 0 Å². The summed E-state index contributed by atoms with van der Waals surface area (Å²) in [5.74, 6) is -0.105. The van der Waals surface area contributed by atoms with Crippen LogP contribution in [0.4, 0.5) is 5.69 Å². The predicted octanol–water partition coefficient (Wildman–Crippen LogP) is 4.83. The van der Waals surface area contributed by atoms with Crippen molar-refractivity contribution in [2.45, 2.75) is 46.1 Å². The Morgan fingerprint density at radius 1 is 1.04 bits per heavy atom. The number of para-hydroxylation sites is 1. The molecule has 3 heteroatoms. The Labute approximate surface area is 164 Å². The van der Waals surface area contributed by atoms with Crippen LogP contribution in [0.3, 0.4) is 0 Å². The lowest BCUT2D eigenvalue weighted by Crippen LogP contribution is -2.52. The van der Waals surface area contributed by atoms with Gasteiger partial charge in [-0.3, -0.25) is 4.79 Å². The van der Waals surface area contributed by atoms with Gasteiger partial charge in [-0.15, -0.1) is 0 Å². The Kier molecular flexibility index (Phi) is 4.28. The smallest absolute Gasteiger partial charge is 0.279 e. The molecule has 0 aromatic heterocycles. The molecule has 2 aromatic carbocycles. The highest BCUT2D eigenvalue weighted by molar-refractivity contribution is 5.93. The molecule has 3 rings (SSSR count). The number of nitrogens with zero attached hydrogens (tertiary/aromatic N) is 1. The molecule has 0 spiro atoms. The fraction of sp³-hybridized carbons (Fsp3) is 0.435. The van der Waals surface area contributed by atoms with Crippen LogP contribution in [0, 0.1) is 13.8 Å². The van der Waals surface area contributed by atoms with Crippen LogP contribution >= 0.6 is 0 Å². The molecule has 0 aliphatic carbocycles. The van der Waals surface area contributed by atoms with Crippen LogP contribution in [-0.2, 0) is 11.3 Å². The minimum absolute atomic E-state index is 0.105. The number of likely N-dealkylation sites (tertiary alicyclic amines) is 1. The summed E-state index contributed by atoms with van der Waals surface area (Å²) < 4.78 is 40.9. The van der Waals surface area contributed by atoms with Crippen LogP contribution < -0.4 is 5.32 Å². The van der Waals surface area contributed by atoms with Crippen molar-refractivity contribution in [1.82, 2.24) is 0 Å². The molecule has 0 atom stereocenters. The van der Waals surface area contributed by atoms with Gasteiger partial charge in [0.1, 0.15) is 6.54 Å². The summed E-state index contributed by atoms with van der Waals surface area (Å²) in [4.78, 5) is 13.1. The number of carbonyl (C=O) groups is 1. The van der Waals surface area contributed by atoms with Crippen molar-refractivity contribution in [3.63, 3.8) is 0 Å². The number of hydrogen-bond donors (Lipinski definition) is 1. The largest absolute Gasteiger partial charge is 0.321 e. The maximum absolute atomic E-state index is 13.1. The second kappa shape index (κ2) is 8.50. The molecule has 1 N–H and O–H groups in total. The monoisotopic (exact) mass is 356 g/mol. The summed E-state index contributed by atoms with van der Waals surface area (Å²) in [6.45, 7) is 5.91. The summed E-state index contributed by atoms with van der Waals surface area (Å²) in [7, 11) is 0. The number of benzene rings is 2. The zero-order valence-electron chi connectivity index (χ0n) is 20.7. The normalized spacial score (nSPS) is 19.4. The van der Waals surface area contributed by atoms with Crippen molar-refractivity contribution in [2.75, 3.05) is 25.0 Å². The van der Waals surface area contributed by atoms with Gasteiger partial charge in [0.05, 0.1) is 19.9 Å². The molecule has 2 aromatic rings. The minimum atomic E-state index is -0.381. The van der Waals surface area contributed by atoms with E-state index < -0.39 is 0 Å². The standard InChI is InChI=1S/C23H30N2O/c1-19-11-10-12-20(2)23(19)24-22(26)18-25(15-8-3-4-9-16-25)17-21-13-6-5-7-14-21/h5-7,10-14H,3-4,8-9,15-18H2,1-2H3/p+1/i5D,6D,7D,13D,14D.